The van der Waals surface area contributed by atoms with Gasteiger partial charge in [0, 0.05) is 0 Å². The van der Waals surface area contributed by atoms with E-state index in [0.29, 0.717) is 12.3 Å². The van der Waals surface area contributed by atoms with E-state index >= 15 is 0 Å². The Hall–Kier alpha value is -1.11. The maximum Gasteiger partial charge on any atom is 0.212 e. The summed E-state index contributed by atoms with van der Waals surface area (Å²) in [5.41, 5.74) is 0.607. The molecule has 0 radical (unpaired) electrons. The summed E-state index contributed by atoms with van der Waals surface area (Å²) >= 11 is 0. The van der Waals surface area contributed by atoms with E-state index < -0.39 is 15.6 Å². The first-order valence-corrected chi connectivity index (χ1v) is 10.6. The molecule has 2 saturated carbocycles. The van der Waals surface area contributed by atoms with Crippen LogP contribution in [0.3, 0.4) is 0 Å². The summed E-state index contributed by atoms with van der Waals surface area (Å²) in [5.74, 6) is 1.74. The highest BCUT2D eigenvalue weighted by Gasteiger charge is 2.47. The van der Waals surface area contributed by atoms with E-state index in [1.54, 1.807) is 0 Å². The van der Waals surface area contributed by atoms with Gasteiger partial charge < -0.3 is 10.1 Å². The van der Waals surface area contributed by atoms with Gasteiger partial charge in [0.2, 0.25) is 10.0 Å². The molecular formula is C18H28N2O3S. The molecule has 0 unspecified atom stereocenters. The number of sulfonamides is 1. The zero-order valence-corrected chi connectivity index (χ0v) is 15.2. The molecule has 0 aromatic heterocycles. The zero-order valence-electron chi connectivity index (χ0n) is 14.4. The van der Waals surface area contributed by atoms with Crippen molar-refractivity contribution < 1.29 is 13.2 Å². The lowest BCUT2D eigenvalue weighted by molar-refractivity contribution is 0.299. The Morgan fingerprint density at radius 3 is 2.71 bits per heavy atom. The minimum absolute atomic E-state index is 0.189. The van der Waals surface area contributed by atoms with Crippen molar-refractivity contribution in [3.05, 3.63) is 29.8 Å². The standard InChI is InChI=1S/C18H28N2O3S/c1-19-11-2-3-12-24(21,22)20-18(9-10-18)16-5-4-6-17(13-16)23-14-15-7-8-15/h4-6,13,15,19-20H,2-3,7-12,14H2,1H3. The fourth-order valence-electron chi connectivity index (χ4n) is 2.90. The summed E-state index contributed by atoms with van der Waals surface area (Å²) in [6, 6.07) is 7.91. The predicted molar refractivity (Wildman–Crippen MR) is 95.7 cm³/mol. The molecule has 2 fully saturated rings. The second kappa shape index (κ2) is 7.42. The van der Waals surface area contributed by atoms with Crippen molar-refractivity contribution in [3.8, 4) is 5.75 Å². The summed E-state index contributed by atoms with van der Waals surface area (Å²) in [5, 5.41) is 3.04. The number of rotatable bonds is 11. The molecular weight excluding hydrogens is 324 g/mol. The Bertz CT molecular complexity index is 652. The van der Waals surface area contributed by atoms with Gasteiger partial charge >= 0.3 is 0 Å². The summed E-state index contributed by atoms with van der Waals surface area (Å²) in [4.78, 5) is 0. The van der Waals surface area contributed by atoms with Crippen molar-refractivity contribution in [1.82, 2.24) is 10.0 Å². The summed E-state index contributed by atoms with van der Waals surface area (Å²) < 4.78 is 33.5. The van der Waals surface area contributed by atoms with Gasteiger partial charge in [-0.2, -0.15) is 0 Å². The Kier molecular flexibility index (Phi) is 5.47. The number of hydrogen-bond donors (Lipinski definition) is 2. The highest BCUT2D eigenvalue weighted by Crippen LogP contribution is 2.47. The molecule has 0 spiro atoms. The molecule has 2 N–H and O–H groups in total. The van der Waals surface area contributed by atoms with Crippen LogP contribution in [0, 0.1) is 5.92 Å². The highest BCUT2D eigenvalue weighted by molar-refractivity contribution is 7.89. The Morgan fingerprint density at radius 2 is 2.04 bits per heavy atom. The van der Waals surface area contributed by atoms with Crippen molar-refractivity contribution in [2.24, 2.45) is 5.92 Å². The van der Waals surface area contributed by atoms with Gasteiger partial charge in [0.1, 0.15) is 5.75 Å². The minimum Gasteiger partial charge on any atom is -0.493 e. The normalized spacial score (nSPS) is 19.2. The van der Waals surface area contributed by atoms with E-state index in [1.165, 1.54) is 12.8 Å². The van der Waals surface area contributed by atoms with Crippen molar-refractivity contribution >= 4 is 10.0 Å². The van der Waals surface area contributed by atoms with Gasteiger partial charge in [-0.3, -0.25) is 0 Å². The number of hydrogen-bond acceptors (Lipinski definition) is 4. The number of ether oxygens (including phenoxy) is 1. The third kappa shape index (κ3) is 4.94. The van der Waals surface area contributed by atoms with Gasteiger partial charge in [-0.25, -0.2) is 13.1 Å². The van der Waals surface area contributed by atoms with Crippen LogP contribution >= 0.6 is 0 Å². The number of nitrogens with one attached hydrogen (secondary N) is 2. The summed E-state index contributed by atoms with van der Waals surface area (Å²) in [6.45, 7) is 1.62. The number of benzene rings is 1. The smallest absolute Gasteiger partial charge is 0.212 e. The largest absolute Gasteiger partial charge is 0.493 e. The molecule has 0 bridgehead atoms. The molecule has 1 aromatic rings. The molecule has 0 aliphatic heterocycles. The molecule has 0 saturated heterocycles. The SMILES string of the molecule is CNCCCCS(=O)(=O)NC1(c2cccc(OCC3CC3)c2)CC1. The van der Waals surface area contributed by atoms with Crippen molar-refractivity contribution in [3.63, 3.8) is 0 Å². The van der Waals surface area contributed by atoms with Gasteiger partial charge in [0.15, 0.2) is 0 Å². The van der Waals surface area contributed by atoms with Crippen molar-refractivity contribution in [1.29, 1.82) is 0 Å². The summed E-state index contributed by atoms with van der Waals surface area (Å²) in [6.07, 6.45) is 5.78. The molecule has 1 aromatic carbocycles. The van der Waals surface area contributed by atoms with Gasteiger partial charge in [0.25, 0.3) is 0 Å². The molecule has 0 atom stereocenters. The minimum atomic E-state index is -3.25. The van der Waals surface area contributed by atoms with Crippen LogP contribution in [0.25, 0.3) is 0 Å². The van der Waals surface area contributed by atoms with Crippen LogP contribution in [0.15, 0.2) is 24.3 Å². The van der Waals surface area contributed by atoms with E-state index in [9.17, 15) is 8.42 Å². The lowest BCUT2D eigenvalue weighted by Crippen LogP contribution is -2.36. The van der Waals surface area contributed by atoms with E-state index in [0.717, 1.165) is 43.7 Å². The quantitative estimate of drug-likeness (QED) is 0.600. The van der Waals surface area contributed by atoms with E-state index in [1.807, 2.05) is 31.3 Å². The molecule has 24 heavy (non-hydrogen) atoms. The number of unbranched alkanes of at least 4 members (excludes halogenated alkanes) is 1. The first-order valence-electron chi connectivity index (χ1n) is 8.93. The fraction of sp³-hybridized carbons (Fsp3) is 0.667. The lowest BCUT2D eigenvalue weighted by atomic mass is 10.1. The third-order valence-corrected chi connectivity index (χ3v) is 6.29. The molecule has 6 heteroatoms. The van der Waals surface area contributed by atoms with Crippen molar-refractivity contribution in [2.75, 3.05) is 26.0 Å². The Balaban J connectivity index is 1.59. The van der Waals surface area contributed by atoms with Gasteiger partial charge in [0.05, 0.1) is 17.9 Å². The second-order valence-electron chi connectivity index (χ2n) is 7.10. The van der Waals surface area contributed by atoms with Crippen LogP contribution in [-0.2, 0) is 15.6 Å². The first kappa shape index (κ1) is 17.7. The van der Waals surface area contributed by atoms with Gasteiger partial charge in [-0.1, -0.05) is 12.1 Å². The van der Waals surface area contributed by atoms with Crippen LogP contribution in [0.4, 0.5) is 0 Å². The maximum absolute atomic E-state index is 12.4. The van der Waals surface area contributed by atoms with Crippen molar-refractivity contribution in [2.45, 2.75) is 44.1 Å². The molecule has 2 aliphatic rings. The van der Waals surface area contributed by atoms with Crippen LogP contribution < -0.4 is 14.8 Å². The van der Waals surface area contributed by atoms with Crippen LogP contribution in [0.1, 0.15) is 44.1 Å². The maximum atomic E-state index is 12.4. The molecule has 0 heterocycles. The predicted octanol–water partition coefficient (Wildman–Crippen LogP) is 2.38. The summed E-state index contributed by atoms with van der Waals surface area (Å²) in [7, 11) is -1.37. The average molecular weight is 353 g/mol. The molecule has 134 valence electrons. The molecule has 3 rings (SSSR count). The lowest BCUT2D eigenvalue weighted by Gasteiger charge is -2.19. The highest BCUT2D eigenvalue weighted by atomic mass is 32.2. The Morgan fingerprint density at radius 1 is 1.25 bits per heavy atom. The molecule has 2 aliphatic carbocycles. The van der Waals surface area contributed by atoms with E-state index in [4.69, 9.17) is 4.74 Å². The first-order chi connectivity index (χ1) is 11.5. The average Bonchev–Trinajstić information content (AvgIpc) is 3.46. The van der Waals surface area contributed by atoms with Crippen LogP contribution in [0.5, 0.6) is 5.75 Å². The van der Waals surface area contributed by atoms with Gasteiger partial charge in [-0.15, -0.1) is 0 Å². The van der Waals surface area contributed by atoms with E-state index in [2.05, 4.69) is 10.0 Å². The molecule has 5 nitrogen and oxygen atoms in total. The van der Waals surface area contributed by atoms with Gasteiger partial charge in [-0.05, 0) is 75.7 Å². The topological polar surface area (TPSA) is 67.4 Å². The molecule has 0 amide bonds. The second-order valence-corrected chi connectivity index (χ2v) is 8.94. The van der Waals surface area contributed by atoms with E-state index in [-0.39, 0.29) is 5.75 Å². The third-order valence-electron chi connectivity index (χ3n) is 4.76. The van der Waals surface area contributed by atoms with Crippen LogP contribution in [0.2, 0.25) is 0 Å². The monoisotopic (exact) mass is 352 g/mol. The van der Waals surface area contributed by atoms with Crippen LogP contribution in [-0.4, -0.2) is 34.4 Å². The fourth-order valence-corrected chi connectivity index (χ4v) is 4.50. The zero-order chi connectivity index (χ0) is 17.0. The Labute approximate surface area is 145 Å².